The minimum absolute atomic E-state index is 0.645. The molecule has 2 aromatic rings. The predicted molar refractivity (Wildman–Crippen MR) is 87.3 cm³/mol. The Hall–Kier alpha value is -1.51. The van der Waals surface area contributed by atoms with E-state index in [0.29, 0.717) is 10.8 Å². The van der Waals surface area contributed by atoms with Gasteiger partial charge in [0, 0.05) is 12.6 Å². The second-order valence-corrected chi connectivity index (χ2v) is 6.19. The fraction of sp³-hybridized carbons (Fsp3) is 0.333. The smallest absolute Gasteiger partial charge is 0.146 e. The summed E-state index contributed by atoms with van der Waals surface area (Å²) in [6, 6.07) is 12.8. The highest BCUT2D eigenvalue weighted by Crippen LogP contribution is 2.31. The fourth-order valence-corrected chi connectivity index (χ4v) is 2.56. The third kappa shape index (κ3) is 3.78. The van der Waals surface area contributed by atoms with Crippen molar-refractivity contribution < 1.29 is 4.74 Å². The first-order chi connectivity index (χ1) is 10.1. The van der Waals surface area contributed by atoms with Gasteiger partial charge in [-0.2, -0.15) is 0 Å². The lowest BCUT2D eigenvalue weighted by molar-refractivity contribution is 0.482. The van der Waals surface area contributed by atoms with Crippen LogP contribution in [0.4, 0.5) is 0 Å². The second kappa shape index (κ2) is 6.08. The van der Waals surface area contributed by atoms with Crippen molar-refractivity contribution in [3.05, 3.63) is 58.1 Å². The van der Waals surface area contributed by atoms with Gasteiger partial charge in [-0.3, -0.25) is 0 Å². The molecule has 0 aliphatic heterocycles. The number of nitrogens with one attached hydrogen (secondary N) is 1. The van der Waals surface area contributed by atoms with E-state index in [1.165, 1.54) is 24.0 Å². The molecule has 21 heavy (non-hydrogen) atoms. The van der Waals surface area contributed by atoms with Crippen LogP contribution < -0.4 is 10.1 Å². The van der Waals surface area contributed by atoms with Crippen molar-refractivity contribution in [2.24, 2.45) is 0 Å². The summed E-state index contributed by atoms with van der Waals surface area (Å²) in [6.07, 6.45) is 2.62. The highest BCUT2D eigenvalue weighted by Gasteiger charge is 2.20. The molecule has 1 saturated carbocycles. The molecule has 0 spiro atoms. The third-order valence-electron chi connectivity index (χ3n) is 3.79. The molecule has 0 amide bonds. The zero-order chi connectivity index (χ0) is 14.8. The van der Waals surface area contributed by atoms with Gasteiger partial charge in [0.15, 0.2) is 0 Å². The van der Waals surface area contributed by atoms with Gasteiger partial charge in [-0.15, -0.1) is 0 Å². The molecule has 0 radical (unpaired) electrons. The van der Waals surface area contributed by atoms with E-state index in [4.69, 9.17) is 16.3 Å². The van der Waals surface area contributed by atoms with Crippen LogP contribution in [0.25, 0.3) is 0 Å². The summed E-state index contributed by atoms with van der Waals surface area (Å²) in [5.41, 5.74) is 3.69. The van der Waals surface area contributed by atoms with Gasteiger partial charge in [0.05, 0.1) is 5.02 Å². The summed E-state index contributed by atoms with van der Waals surface area (Å²) in [4.78, 5) is 0. The Morgan fingerprint density at radius 2 is 1.95 bits per heavy atom. The standard InChI is InChI=1S/C18H20ClNO/c1-12-3-8-18(17(19)9-12)21-16-7-4-14(13(2)10-16)11-20-15-5-6-15/h3-4,7-10,15,20H,5-6,11H2,1-2H3. The van der Waals surface area contributed by atoms with Crippen LogP contribution in [0.3, 0.4) is 0 Å². The maximum Gasteiger partial charge on any atom is 0.146 e. The molecule has 0 aromatic heterocycles. The minimum atomic E-state index is 0.645. The first-order valence-corrected chi connectivity index (χ1v) is 7.76. The Kier molecular flexibility index (Phi) is 4.18. The predicted octanol–water partition coefficient (Wildman–Crippen LogP) is 5.00. The molecule has 1 aliphatic carbocycles. The molecule has 3 heteroatoms. The third-order valence-corrected chi connectivity index (χ3v) is 4.08. The first-order valence-electron chi connectivity index (χ1n) is 7.39. The molecule has 1 aliphatic rings. The van der Waals surface area contributed by atoms with E-state index in [2.05, 4.69) is 24.4 Å². The minimum Gasteiger partial charge on any atom is -0.456 e. The Balaban J connectivity index is 1.71. The van der Waals surface area contributed by atoms with Crippen molar-refractivity contribution in [1.29, 1.82) is 0 Å². The van der Waals surface area contributed by atoms with Crippen molar-refractivity contribution in [3.8, 4) is 11.5 Å². The van der Waals surface area contributed by atoms with Crippen LogP contribution in [0.5, 0.6) is 11.5 Å². The van der Waals surface area contributed by atoms with Crippen molar-refractivity contribution in [2.45, 2.75) is 39.3 Å². The van der Waals surface area contributed by atoms with Gasteiger partial charge in [0.1, 0.15) is 11.5 Å². The van der Waals surface area contributed by atoms with Gasteiger partial charge < -0.3 is 10.1 Å². The first kappa shape index (κ1) is 14.4. The summed E-state index contributed by atoms with van der Waals surface area (Å²) in [7, 11) is 0. The second-order valence-electron chi connectivity index (χ2n) is 5.78. The fourth-order valence-electron chi connectivity index (χ4n) is 2.29. The number of aryl methyl sites for hydroxylation is 2. The van der Waals surface area contributed by atoms with E-state index in [1.807, 2.05) is 31.2 Å². The monoisotopic (exact) mass is 301 g/mol. The maximum atomic E-state index is 6.21. The molecule has 0 bridgehead atoms. The molecule has 0 atom stereocenters. The van der Waals surface area contributed by atoms with Crippen molar-refractivity contribution in [1.82, 2.24) is 5.32 Å². The zero-order valence-electron chi connectivity index (χ0n) is 12.4. The molecule has 0 saturated heterocycles. The lowest BCUT2D eigenvalue weighted by Crippen LogP contribution is -2.15. The van der Waals surface area contributed by atoms with E-state index in [9.17, 15) is 0 Å². The number of ether oxygens (including phenoxy) is 1. The van der Waals surface area contributed by atoms with Crippen molar-refractivity contribution >= 4 is 11.6 Å². The molecular formula is C18H20ClNO. The van der Waals surface area contributed by atoms with E-state index < -0.39 is 0 Å². The van der Waals surface area contributed by atoms with Crippen LogP contribution in [0, 0.1) is 13.8 Å². The molecule has 3 rings (SSSR count). The van der Waals surface area contributed by atoms with E-state index in [0.717, 1.165) is 23.9 Å². The molecule has 110 valence electrons. The summed E-state index contributed by atoms with van der Waals surface area (Å²) in [5.74, 6) is 1.53. The lowest BCUT2D eigenvalue weighted by Gasteiger charge is -2.12. The number of hydrogen-bond acceptors (Lipinski definition) is 2. The van der Waals surface area contributed by atoms with Gasteiger partial charge in [-0.25, -0.2) is 0 Å². The Morgan fingerprint density at radius 3 is 2.62 bits per heavy atom. The zero-order valence-corrected chi connectivity index (χ0v) is 13.2. The van der Waals surface area contributed by atoms with Crippen molar-refractivity contribution in [3.63, 3.8) is 0 Å². The number of hydrogen-bond donors (Lipinski definition) is 1. The van der Waals surface area contributed by atoms with E-state index in [-0.39, 0.29) is 0 Å². The highest BCUT2D eigenvalue weighted by atomic mass is 35.5. The number of benzene rings is 2. The van der Waals surface area contributed by atoms with Gasteiger partial charge in [-0.1, -0.05) is 23.7 Å². The van der Waals surface area contributed by atoms with Crippen LogP contribution in [-0.2, 0) is 6.54 Å². The molecule has 0 heterocycles. The summed E-state index contributed by atoms with van der Waals surface area (Å²) in [6.45, 7) is 5.07. The Morgan fingerprint density at radius 1 is 1.14 bits per heavy atom. The highest BCUT2D eigenvalue weighted by molar-refractivity contribution is 6.32. The molecule has 2 aromatic carbocycles. The van der Waals surface area contributed by atoms with Gasteiger partial charge >= 0.3 is 0 Å². The molecule has 1 N–H and O–H groups in total. The van der Waals surface area contributed by atoms with Gasteiger partial charge in [0.2, 0.25) is 0 Å². The van der Waals surface area contributed by atoms with Crippen LogP contribution in [0.2, 0.25) is 5.02 Å². The number of rotatable bonds is 5. The topological polar surface area (TPSA) is 21.3 Å². The summed E-state index contributed by atoms with van der Waals surface area (Å²) >= 11 is 6.21. The van der Waals surface area contributed by atoms with Gasteiger partial charge in [-0.05, 0) is 67.6 Å². The number of halogens is 1. The van der Waals surface area contributed by atoms with E-state index in [1.54, 1.807) is 0 Å². The Bertz CT molecular complexity index is 650. The SMILES string of the molecule is Cc1ccc(Oc2ccc(CNC3CC3)c(C)c2)c(Cl)c1. The largest absolute Gasteiger partial charge is 0.456 e. The van der Waals surface area contributed by atoms with Crippen LogP contribution >= 0.6 is 11.6 Å². The molecule has 1 fully saturated rings. The summed E-state index contributed by atoms with van der Waals surface area (Å²) in [5, 5.41) is 4.18. The van der Waals surface area contributed by atoms with E-state index >= 15 is 0 Å². The molecule has 2 nitrogen and oxygen atoms in total. The normalized spacial score (nSPS) is 14.2. The average Bonchev–Trinajstić information content (AvgIpc) is 3.25. The van der Waals surface area contributed by atoms with Crippen LogP contribution in [-0.4, -0.2) is 6.04 Å². The Labute approximate surface area is 131 Å². The van der Waals surface area contributed by atoms with Crippen molar-refractivity contribution in [2.75, 3.05) is 0 Å². The maximum absolute atomic E-state index is 6.21. The molecule has 0 unspecified atom stereocenters. The van der Waals surface area contributed by atoms with Crippen LogP contribution in [0.15, 0.2) is 36.4 Å². The lowest BCUT2D eigenvalue weighted by atomic mass is 10.1. The molecular weight excluding hydrogens is 282 g/mol. The van der Waals surface area contributed by atoms with Crippen LogP contribution in [0.1, 0.15) is 29.5 Å². The van der Waals surface area contributed by atoms with Gasteiger partial charge in [0.25, 0.3) is 0 Å². The summed E-state index contributed by atoms with van der Waals surface area (Å²) < 4.78 is 5.89. The average molecular weight is 302 g/mol. The quantitative estimate of drug-likeness (QED) is 0.839.